The van der Waals surface area contributed by atoms with Gasteiger partial charge in [-0.3, -0.25) is 0 Å². The summed E-state index contributed by atoms with van der Waals surface area (Å²) in [6.45, 7) is 0. The third-order valence-electron chi connectivity index (χ3n) is 7.13. The molecule has 0 spiro atoms. The molecule has 0 amide bonds. The van der Waals surface area contributed by atoms with Crippen molar-refractivity contribution in [2.45, 2.75) is 42.8 Å². The molecular weight excluding hydrogens is 498 g/mol. The molecule has 2 radical (unpaired) electrons. The van der Waals surface area contributed by atoms with Gasteiger partial charge >= 0.3 is 0 Å². The van der Waals surface area contributed by atoms with E-state index in [9.17, 15) is 17.6 Å². The van der Waals surface area contributed by atoms with Crippen LogP contribution in [0, 0.1) is 23.3 Å². The summed E-state index contributed by atoms with van der Waals surface area (Å²) in [5.74, 6) is -1.41. The molecule has 0 unspecified atom stereocenters. The minimum atomic E-state index is -0.995. The molecule has 0 aliphatic rings. The number of hydrogen-bond acceptors (Lipinski definition) is 2. The Balaban J connectivity index is 1.36. The quantitative estimate of drug-likeness (QED) is 0.123. The van der Waals surface area contributed by atoms with Crippen molar-refractivity contribution in [2.75, 3.05) is 0 Å². The van der Waals surface area contributed by atoms with Gasteiger partial charge in [-0.1, -0.05) is 80.4 Å². The standard InChI is InChI=1S/C31H30B2F4N2/c34-26-12-4-22(5-13-26)30(38,23-6-14-27(35)15-7-23)32-20-2-1-3-21-33-31(39,24-8-16-28(36)17-9-24)25-10-18-29(37)19-11-25/h4-19H,1-3,20-21,38-39H2. The molecule has 0 heterocycles. The molecule has 4 aromatic carbocycles. The molecule has 0 atom stereocenters. The van der Waals surface area contributed by atoms with Gasteiger partial charge in [-0.25, -0.2) is 17.6 Å². The Hall–Kier alpha value is -3.35. The number of nitrogens with two attached hydrogens (primary N) is 2. The largest absolute Gasteiger partial charge is 0.325 e. The van der Waals surface area contributed by atoms with Gasteiger partial charge in [0.25, 0.3) is 0 Å². The summed E-state index contributed by atoms with van der Waals surface area (Å²) >= 11 is 0. The van der Waals surface area contributed by atoms with E-state index in [0.29, 0.717) is 12.6 Å². The maximum atomic E-state index is 13.5. The molecular formula is C31H30B2F4N2. The van der Waals surface area contributed by atoms with Crippen LogP contribution in [0.1, 0.15) is 41.5 Å². The lowest BCUT2D eigenvalue weighted by Gasteiger charge is -2.31. The maximum Gasteiger partial charge on any atom is 0.149 e. The lowest BCUT2D eigenvalue weighted by atomic mass is 9.49. The Morgan fingerprint density at radius 2 is 0.641 bits per heavy atom. The van der Waals surface area contributed by atoms with Crippen molar-refractivity contribution in [1.29, 1.82) is 0 Å². The van der Waals surface area contributed by atoms with E-state index in [1.54, 1.807) is 48.5 Å². The Labute approximate surface area is 228 Å². The molecule has 39 heavy (non-hydrogen) atoms. The highest BCUT2D eigenvalue weighted by Crippen LogP contribution is 2.30. The molecule has 4 N–H and O–H groups in total. The summed E-state index contributed by atoms with van der Waals surface area (Å²) in [6, 6.07) is 24.1. The van der Waals surface area contributed by atoms with Gasteiger partial charge in [0.1, 0.15) is 37.8 Å². The number of hydrogen-bond donors (Lipinski definition) is 2. The Morgan fingerprint density at radius 1 is 0.410 bits per heavy atom. The van der Waals surface area contributed by atoms with Gasteiger partial charge in [0.15, 0.2) is 0 Å². The van der Waals surface area contributed by atoms with Crippen LogP contribution >= 0.6 is 0 Å². The first kappa shape index (κ1) is 28.7. The van der Waals surface area contributed by atoms with E-state index in [0.717, 1.165) is 41.5 Å². The van der Waals surface area contributed by atoms with Crippen molar-refractivity contribution in [3.8, 4) is 0 Å². The molecule has 0 saturated carbocycles. The normalized spacial score (nSPS) is 11.8. The molecule has 0 bridgehead atoms. The lowest BCUT2D eigenvalue weighted by Crippen LogP contribution is -2.44. The van der Waals surface area contributed by atoms with Crippen LogP contribution in [0.3, 0.4) is 0 Å². The van der Waals surface area contributed by atoms with Crippen molar-refractivity contribution in [1.82, 2.24) is 0 Å². The van der Waals surface area contributed by atoms with Gasteiger partial charge in [-0.2, -0.15) is 0 Å². The van der Waals surface area contributed by atoms with E-state index in [1.807, 2.05) is 14.6 Å². The second kappa shape index (κ2) is 12.7. The average molecular weight is 528 g/mol. The second-order valence-electron chi connectivity index (χ2n) is 9.81. The van der Waals surface area contributed by atoms with Gasteiger partial charge in [-0.15, -0.1) is 0 Å². The van der Waals surface area contributed by atoms with Gasteiger partial charge in [-0.05, 0) is 70.8 Å². The minimum absolute atomic E-state index is 0.353. The zero-order valence-corrected chi connectivity index (χ0v) is 21.6. The first-order chi connectivity index (χ1) is 18.7. The average Bonchev–Trinajstić information content (AvgIpc) is 2.93. The fourth-order valence-corrected chi connectivity index (χ4v) is 4.83. The van der Waals surface area contributed by atoms with Crippen molar-refractivity contribution in [2.24, 2.45) is 11.5 Å². The molecule has 8 heteroatoms. The third kappa shape index (κ3) is 7.00. The van der Waals surface area contributed by atoms with E-state index in [1.165, 1.54) is 48.5 Å². The van der Waals surface area contributed by atoms with Crippen LogP contribution in [-0.2, 0) is 10.9 Å². The fourth-order valence-electron chi connectivity index (χ4n) is 4.83. The van der Waals surface area contributed by atoms with Crippen LogP contribution in [0.5, 0.6) is 0 Å². The van der Waals surface area contributed by atoms with Gasteiger partial charge in [0.2, 0.25) is 0 Å². The predicted molar refractivity (Wildman–Crippen MR) is 151 cm³/mol. The number of rotatable bonds is 12. The summed E-state index contributed by atoms with van der Waals surface area (Å²) in [5.41, 5.74) is 14.5. The predicted octanol–water partition coefficient (Wildman–Crippen LogP) is 6.68. The third-order valence-corrected chi connectivity index (χ3v) is 7.13. The van der Waals surface area contributed by atoms with E-state index >= 15 is 0 Å². The summed E-state index contributed by atoms with van der Waals surface area (Å²) in [6.07, 6.45) is 3.96. The lowest BCUT2D eigenvalue weighted by molar-refractivity contribution is 0.621. The van der Waals surface area contributed by atoms with Gasteiger partial charge in [0.05, 0.1) is 0 Å². The van der Waals surface area contributed by atoms with Crippen LogP contribution in [-0.4, -0.2) is 14.6 Å². The SMILES string of the molecule is NC([B]CCCCC[B]C(N)(c1ccc(F)cc1)c1ccc(F)cc1)(c1ccc(F)cc1)c1ccc(F)cc1. The number of benzene rings is 4. The van der Waals surface area contributed by atoms with Crippen molar-refractivity contribution < 1.29 is 17.6 Å². The molecule has 0 aliphatic heterocycles. The molecule has 4 rings (SSSR count). The van der Waals surface area contributed by atoms with Crippen molar-refractivity contribution in [3.63, 3.8) is 0 Å². The van der Waals surface area contributed by atoms with E-state index in [2.05, 4.69) is 0 Å². The van der Waals surface area contributed by atoms with Crippen LogP contribution in [0.4, 0.5) is 17.6 Å². The Morgan fingerprint density at radius 3 is 0.872 bits per heavy atom. The maximum absolute atomic E-state index is 13.5. The summed E-state index contributed by atoms with van der Waals surface area (Å²) in [4.78, 5) is 0. The van der Waals surface area contributed by atoms with Crippen LogP contribution in [0.15, 0.2) is 97.1 Å². The smallest absolute Gasteiger partial charge is 0.149 e. The van der Waals surface area contributed by atoms with Crippen LogP contribution in [0.25, 0.3) is 0 Å². The summed E-state index contributed by atoms with van der Waals surface area (Å²) < 4.78 is 54.2. The molecule has 4 aromatic rings. The first-order valence-corrected chi connectivity index (χ1v) is 13.0. The monoisotopic (exact) mass is 528 g/mol. The minimum Gasteiger partial charge on any atom is -0.325 e. The fraction of sp³-hybridized carbons (Fsp3) is 0.226. The molecule has 2 nitrogen and oxygen atoms in total. The topological polar surface area (TPSA) is 52.0 Å². The van der Waals surface area contributed by atoms with Crippen LogP contribution < -0.4 is 11.5 Å². The number of unbranched alkanes of at least 4 members (excludes halogenated alkanes) is 2. The molecule has 0 saturated heterocycles. The first-order valence-electron chi connectivity index (χ1n) is 13.0. The summed E-state index contributed by atoms with van der Waals surface area (Å²) in [5, 5.41) is 0. The van der Waals surface area contributed by atoms with Gasteiger partial charge < -0.3 is 11.5 Å². The Bertz CT molecular complexity index is 1130. The van der Waals surface area contributed by atoms with Crippen LogP contribution in [0.2, 0.25) is 12.6 Å². The number of halogens is 4. The molecule has 0 aromatic heterocycles. The highest BCUT2D eigenvalue weighted by atomic mass is 19.1. The van der Waals surface area contributed by atoms with Crippen molar-refractivity contribution >= 4 is 14.6 Å². The second-order valence-corrected chi connectivity index (χ2v) is 9.81. The molecule has 0 aliphatic carbocycles. The zero-order valence-electron chi connectivity index (χ0n) is 21.6. The Kier molecular flexibility index (Phi) is 9.31. The summed E-state index contributed by atoms with van der Waals surface area (Å²) in [7, 11) is 3.98. The highest BCUT2D eigenvalue weighted by Gasteiger charge is 2.31. The van der Waals surface area contributed by atoms with Gasteiger partial charge in [0, 0.05) is 10.9 Å². The van der Waals surface area contributed by atoms with E-state index < -0.39 is 10.9 Å². The van der Waals surface area contributed by atoms with E-state index in [4.69, 9.17) is 11.5 Å². The van der Waals surface area contributed by atoms with Crippen molar-refractivity contribution in [3.05, 3.63) is 143 Å². The molecule has 0 fully saturated rings. The zero-order chi connectivity index (χ0) is 27.9. The molecule has 198 valence electrons. The highest BCUT2D eigenvalue weighted by molar-refractivity contribution is 6.41. The van der Waals surface area contributed by atoms with E-state index in [-0.39, 0.29) is 23.3 Å².